The molecular formula is C22H25N2O7. The van der Waals surface area contributed by atoms with Crippen molar-refractivity contribution >= 4 is 17.5 Å². The molecule has 9 nitrogen and oxygen atoms in total. The van der Waals surface area contributed by atoms with Crippen LogP contribution in [0, 0.1) is 24.2 Å². The molecule has 0 spiro atoms. The van der Waals surface area contributed by atoms with Gasteiger partial charge in [-0.3, -0.25) is 19.3 Å². The topological polar surface area (TPSA) is 161 Å². The Morgan fingerprint density at radius 2 is 1.81 bits per heavy atom. The zero-order valence-electron chi connectivity index (χ0n) is 17.3. The molecule has 0 bridgehead atoms. The van der Waals surface area contributed by atoms with E-state index >= 15 is 0 Å². The number of rotatable bonds is 2. The average Bonchev–Trinajstić information content (AvgIpc) is 2.67. The third-order valence-corrected chi connectivity index (χ3v) is 7.08. The molecular weight excluding hydrogens is 404 g/mol. The van der Waals surface area contributed by atoms with Crippen LogP contribution in [0.1, 0.15) is 28.8 Å². The van der Waals surface area contributed by atoms with Gasteiger partial charge in [0.1, 0.15) is 22.7 Å². The van der Waals surface area contributed by atoms with E-state index in [1.54, 1.807) is 33.2 Å². The number of hydrogen-bond acceptors (Lipinski definition) is 8. The van der Waals surface area contributed by atoms with Crippen LogP contribution in [0.3, 0.4) is 0 Å². The van der Waals surface area contributed by atoms with Crippen molar-refractivity contribution in [3.8, 4) is 5.75 Å². The quantitative estimate of drug-likeness (QED) is 0.399. The van der Waals surface area contributed by atoms with Crippen LogP contribution in [0.15, 0.2) is 29.5 Å². The number of hydrogen-bond donors (Lipinski definition) is 5. The Balaban J connectivity index is 1.94. The van der Waals surface area contributed by atoms with Gasteiger partial charge in [-0.1, -0.05) is 19.1 Å². The lowest BCUT2D eigenvalue weighted by Crippen LogP contribution is -2.69. The Kier molecular flexibility index (Phi) is 4.77. The van der Waals surface area contributed by atoms with E-state index in [1.807, 2.05) is 0 Å². The Morgan fingerprint density at radius 3 is 2.39 bits per heavy atom. The van der Waals surface area contributed by atoms with Gasteiger partial charge >= 0.3 is 0 Å². The summed E-state index contributed by atoms with van der Waals surface area (Å²) in [4.78, 5) is 39.7. The predicted octanol–water partition coefficient (Wildman–Crippen LogP) is -0.339. The first-order valence-corrected chi connectivity index (χ1v) is 10.00. The molecule has 0 aromatic heterocycles. The molecule has 165 valence electrons. The molecule has 1 aromatic rings. The maximum absolute atomic E-state index is 13.3. The molecule has 1 aromatic carbocycles. The number of aromatic hydroxyl groups is 1. The summed E-state index contributed by atoms with van der Waals surface area (Å²) in [6.07, 6.45) is -0.202. The molecule has 9 heteroatoms. The molecule has 7 atom stereocenters. The van der Waals surface area contributed by atoms with Crippen LogP contribution in [-0.4, -0.2) is 74.6 Å². The number of nitrogens with zero attached hydrogens (tertiary/aromatic N) is 1. The van der Waals surface area contributed by atoms with Gasteiger partial charge in [0.2, 0.25) is 0 Å². The first-order valence-electron chi connectivity index (χ1n) is 10.00. The molecule has 3 aliphatic rings. The second kappa shape index (κ2) is 6.88. The zero-order valence-corrected chi connectivity index (χ0v) is 17.3. The third-order valence-electron chi connectivity index (χ3n) is 7.08. The van der Waals surface area contributed by atoms with Gasteiger partial charge in [-0.25, -0.2) is 0 Å². The molecule has 4 rings (SSSR count). The number of amides is 1. The lowest BCUT2D eigenvalue weighted by molar-refractivity contribution is -0.156. The summed E-state index contributed by atoms with van der Waals surface area (Å²) in [5.41, 5.74) is 2.87. The summed E-state index contributed by atoms with van der Waals surface area (Å²) in [6.45, 7) is 1.80. The summed E-state index contributed by atoms with van der Waals surface area (Å²) >= 11 is 0. The minimum Gasteiger partial charge on any atom is -0.508 e. The van der Waals surface area contributed by atoms with Gasteiger partial charge in [0.25, 0.3) is 5.91 Å². The second-order valence-corrected chi connectivity index (χ2v) is 8.87. The van der Waals surface area contributed by atoms with E-state index in [1.165, 1.54) is 17.4 Å². The summed E-state index contributed by atoms with van der Waals surface area (Å²) < 4.78 is 0. The van der Waals surface area contributed by atoms with Crippen molar-refractivity contribution in [3.05, 3.63) is 47.1 Å². The SMILES string of the molecule is C[C@H]1c2cccc(O)c2C(=O)C2[CH][C@]3(O)C(O)=C(C(N)=O)C(=O)[C@@H](N(C)C)C3[C@@H](O)C21. The van der Waals surface area contributed by atoms with Crippen LogP contribution in [-0.2, 0) is 9.59 Å². The first-order chi connectivity index (χ1) is 14.4. The largest absolute Gasteiger partial charge is 0.508 e. The highest BCUT2D eigenvalue weighted by Gasteiger charge is 2.65. The number of aliphatic hydroxyl groups is 3. The van der Waals surface area contributed by atoms with E-state index in [4.69, 9.17) is 5.73 Å². The molecule has 6 N–H and O–H groups in total. The molecule has 1 radical (unpaired) electrons. The number of carbonyl (C=O) groups is 3. The standard InChI is InChI=1S/C22H25N2O7/c1-8-9-5-4-6-11(25)13(9)17(26)10-7-22(31)15(18(27)12(8)10)16(24(2)3)19(28)14(20(22)29)21(23)30/h4-8,10,12,15-16,18,25,27,29,31H,1-3H3,(H2,23,30)/t8-,10?,12?,15?,16-,18-,22+/m0/s1. The molecule has 1 fully saturated rings. The van der Waals surface area contributed by atoms with Crippen LogP contribution >= 0.6 is 0 Å². The summed E-state index contributed by atoms with van der Waals surface area (Å²) in [5.74, 6) is -7.14. The van der Waals surface area contributed by atoms with Gasteiger partial charge < -0.3 is 26.2 Å². The molecule has 0 aliphatic heterocycles. The molecule has 3 aliphatic carbocycles. The highest BCUT2D eigenvalue weighted by molar-refractivity contribution is 6.22. The van der Waals surface area contributed by atoms with Gasteiger partial charge in [0.05, 0.1) is 17.7 Å². The second-order valence-electron chi connectivity index (χ2n) is 8.87. The highest BCUT2D eigenvalue weighted by Crippen LogP contribution is 2.56. The van der Waals surface area contributed by atoms with E-state index in [9.17, 15) is 34.8 Å². The van der Waals surface area contributed by atoms with E-state index in [-0.39, 0.29) is 11.3 Å². The molecule has 0 heterocycles. The fourth-order valence-electron chi connectivity index (χ4n) is 5.73. The van der Waals surface area contributed by atoms with Crippen molar-refractivity contribution in [3.63, 3.8) is 0 Å². The fraction of sp³-hybridized carbons (Fsp3) is 0.455. The van der Waals surface area contributed by atoms with Crippen LogP contribution < -0.4 is 5.73 Å². The minimum absolute atomic E-state index is 0.0939. The number of phenolic OH excluding ortho intramolecular Hbond substituents is 1. The normalized spacial score (nSPS) is 37.4. The summed E-state index contributed by atoms with van der Waals surface area (Å²) in [6, 6.07) is 3.51. The minimum atomic E-state index is -2.34. The number of aliphatic hydroxyl groups excluding tert-OH is 2. The van der Waals surface area contributed by atoms with Gasteiger partial charge in [-0.05, 0) is 31.6 Å². The smallest absolute Gasteiger partial charge is 0.255 e. The monoisotopic (exact) mass is 429 g/mol. The average molecular weight is 429 g/mol. The third kappa shape index (κ3) is 2.70. The van der Waals surface area contributed by atoms with E-state index in [0.29, 0.717) is 5.56 Å². The number of nitrogens with two attached hydrogens (primary N) is 1. The lowest BCUT2D eigenvalue weighted by atomic mass is 9.52. The van der Waals surface area contributed by atoms with Crippen LogP contribution in [0.2, 0.25) is 0 Å². The predicted molar refractivity (Wildman–Crippen MR) is 108 cm³/mol. The van der Waals surface area contributed by atoms with E-state index in [2.05, 4.69) is 0 Å². The zero-order chi connectivity index (χ0) is 23.0. The van der Waals surface area contributed by atoms with Crippen molar-refractivity contribution < 1.29 is 34.8 Å². The highest BCUT2D eigenvalue weighted by atomic mass is 16.3. The molecule has 1 saturated carbocycles. The van der Waals surface area contributed by atoms with Crippen LogP contribution in [0.25, 0.3) is 0 Å². The van der Waals surface area contributed by atoms with E-state index < -0.39 is 70.2 Å². The summed E-state index contributed by atoms with van der Waals surface area (Å²) in [5, 5.41) is 44.0. The number of likely N-dealkylation sites (N-methyl/N-ethyl adjacent to an activating group) is 1. The number of fused-ring (bicyclic) bond motifs is 3. The number of benzene rings is 1. The van der Waals surface area contributed by atoms with E-state index in [0.717, 1.165) is 0 Å². The van der Waals surface area contributed by atoms with Crippen LogP contribution in [0.4, 0.5) is 0 Å². The molecule has 3 unspecified atom stereocenters. The molecule has 31 heavy (non-hydrogen) atoms. The number of primary amides is 1. The van der Waals surface area contributed by atoms with Gasteiger partial charge in [0, 0.05) is 24.2 Å². The van der Waals surface area contributed by atoms with Crippen molar-refractivity contribution in [2.75, 3.05) is 14.1 Å². The van der Waals surface area contributed by atoms with Crippen molar-refractivity contribution in [1.29, 1.82) is 0 Å². The fourth-order valence-corrected chi connectivity index (χ4v) is 5.73. The van der Waals surface area contributed by atoms with Crippen molar-refractivity contribution in [2.45, 2.75) is 30.6 Å². The summed E-state index contributed by atoms with van der Waals surface area (Å²) in [7, 11) is 3.09. The lowest BCUT2D eigenvalue weighted by Gasteiger charge is -2.56. The number of ketones is 2. The maximum atomic E-state index is 13.3. The van der Waals surface area contributed by atoms with Crippen molar-refractivity contribution in [2.24, 2.45) is 23.5 Å². The Morgan fingerprint density at radius 1 is 1.16 bits per heavy atom. The number of carbonyl (C=O) groups excluding carboxylic acids is 3. The Bertz CT molecular complexity index is 1030. The van der Waals surface area contributed by atoms with Gasteiger partial charge in [0.15, 0.2) is 11.6 Å². The van der Waals surface area contributed by atoms with Gasteiger partial charge in [-0.15, -0.1) is 0 Å². The molecule has 0 saturated heterocycles. The van der Waals surface area contributed by atoms with Crippen molar-refractivity contribution in [1.82, 2.24) is 4.90 Å². The molecule has 1 amide bonds. The Labute approximate surface area is 178 Å². The maximum Gasteiger partial charge on any atom is 0.255 e. The van der Waals surface area contributed by atoms with Gasteiger partial charge in [-0.2, -0.15) is 0 Å². The van der Waals surface area contributed by atoms with Crippen LogP contribution in [0.5, 0.6) is 5.75 Å². The first kappa shape index (κ1) is 21.5. The number of phenols is 1. The Hall–Kier alpha value is -2.75. The number of Topliss-reactive ketones (excluding diaryl/α,β-unsaturated/α-hetero) is 2.